The van der Waals surface area contributed by atoms with Crippen molar-refractivity contribution in [3.05, 3.63) is 82.8 Å². The van der Waals surface area contributed by atoms with Crippen LogP contribution >= 0.6 is 0 Å². The van der Waals surface area contributed by atoms with Crippen LogP contribution in [0.1, 0.15) is 34.5 Å². The van der Waals surface area contributed by atoms with Gasteiger partial charge in [-0.05, 0) is 27.8 Å². The van der Waals surface area contributed by atoms with Crippen LogP contribution in [0.15, 0.2) is 60.6 Å². The van der Waals surface area contributed by atoms with Crippen molar-refractivity contribution in [2.75, 3.05) is 0 Å². The van der Waals surface area contributed by atoms with Gasteiger partial charge in [0.1, 0.15) is 0 Å². The SMILES string of the molecule is O=C(O)C(O)c1ccccc1C1=C(c2ccccc2C(O)C(=O)O)C=CB1. The Labute approximate surface area is 156 Å². The highest BCUT2D eigenvalue weighted by molar-refractivity contribution is 6.70. The first kappa shape index (κ1) is 18.6. The Balaban J connectivity index is 2.19. The Morgan fingerprint density at radius 3 is 1.81 bits per heavy atom. The molecule has 0 amide bonds. The van der Waals surface area contributed by atoms with Crippen LogP contribution < -0.4 is 0 Å². The minimum absolute atomic E-state index is 0.250. The molecule has 0 fully saturated rings. The van der Waals surface area contributed by atoms with Crippen molar-refractivity contribution in [1.29, 1.82) is 0 Å². The Kier molecular flexibility index (Phi) is 5.25. The summed E-state index contributed by atoms with van der Waals surface area (Å²) >= 11 is 0. The van der Waals surface area contributed by atoms with E-state index in [1.807, 2.05) is 12.1 Å². The van der Waals surface area contributed by atoms with Crippen molar-refractivity contribution >= 4 is 30.3 Å². The summed E-state index contributed by atoms with van der Waals surface area (Å²) < 4.78 is 0. The zero-order chi connectivity index (χ0) is 19.6. The van der Waals surface area contributed by atoms with Crippen LogP contribution in [0.2, 0.25) is 0 Å². The summed E-state index contributed by atoms with van der Waals surface area (Å²) in [5.74, 6) is -0.830. The lowest BCUT2D eigenvalue weighted by Crippen LogP contribution is -2.14. The van der Waals surface area contributed by atoms with Crippen LogP contribution in [0.4, 0.5) is 0 Å². The van der Waals surface area contributed by atoms with Crippen molar-refractivity contribution in [1.82, 2.24) is 0 Å². The first-order chi connectivity index (χ1) is 12.9. The van der Waals surface area contributed by atoms with Crippen molar-refractivity contribution in [3.8, 4) is 0 Å². The zero-order valence-corrected chi connectivity index (χ0v) is 14.2. The second kappa shape index (κ2) is 7.61. The fraction of sp³-hybridized carbons (Fsp3) is 0.100. The third-order valence-electron chi connectivity index (χ3n) is 4.53. The molecule has 2 aromatic carbocycles. The third-order valence-corrected chi connectivity index (χ3v) is 4.53. The fourth-order valence-electron chi connectivity index (χ4n) is 3.27. The number of rotatable bonds is 6. The number of carboxylic acid groups (broad SMARTS) is 2. The lowest BCUT2D eigenvalue weighted by molar-refractivity contribution is -0.147. The molecule has 0 bridgehead atoms. The molecule has 3 rings (SSSR count). The van der Waals surface area contributed by atoms with Gasteiger partial charge in [-0.25, -0.2) is 9.59 Å². The first-order valence-corrected chi connectivity index (χ1v) is 8.32. The van der Waals surface area contributed by atoms with Crippen molar-refractivity contribution < 1.29 is 30.0 Å². The van der Waals surface area contributed by atoms with E-state index in [4.69, 9.17) is 0 Å². The number of aliphatic hydroxyl groups is 2. The number of aliphatic carboxylic acids is 2. The van der Waals surface area contributed by atoms with Gasteiger partial charge in [-0.1, -0.05) is 60.1 Å². The van der Waals surface area contributed by atoms with Gasteiger partial charge in [0.15, 0.2) is 19.5 Å². The molecule has 2 aromatic rings. The van der Waals surface area contributed by atoms with Gasteiger partial charge >= 0.3 is 11.9 Å². The Bertz CT molecular complexity index is 962. The van der Waals surface area contributed by atoms with Crippen LogP contribution in [0, 0.1) is 0 Å². The van der Waals surface area contributed by atoms with Gasteiger partial charge in [0.2, 0.25) is 0 Å². The van der Waals surface area contributed by atoms with Crippen LogP contribution in [-0.4, -0.2) is 39.6 Å². The van der Waals surface area contributed by atoms with Crippen molar-refractivity contribution in [3.63, 3.8) is 0 Å². The van der Waals surface area contributed by atoms with Gasteiger partial charge < -0.3 is 20.4 Å². The highest BCUT2D eigenvalue weighted by Crippen LogP contribution is 2.37. The molecular weight excluding hydrogens is 347 g/mol. The molecule has 27 heavy (non-hydrogen) atoms. The monoisotopic (exact) mass is 364 g/mol. The van der Waals surface area contributed by atoms with Gasteiger partial charge in [-0.15, -0.1) is 5.98 Å². The molecule has 6 nitrogen and oxygen atoms in total. The van der Waals surface area contributed by atoms with Crippen LogP contribution in [0.25, 0.3) is 11.0 Å². The van der Waals surface area contributed by atoms with E-state index in [9.17, 15) is 30.0 Å². The van der Waals surface area contributed by atoms with Crippen LogP contribution in [-0.2, 0) is 9.59 Å². The quantitative estimate of drug-likeness (QED) is 0.581. The normalized spacial score (nSPS) is 15.3. The van der Waals surface area contributed by atoms with Crippen LogP contribution in [0.5, 0.6) is 0 Å². The Morgan fingerprint density at radius 1 is 0.778 bits per heavy atom. The molecule has 0 aromatic heterocycles. The highest BCUT2D eigenvalue weighted by Gasteiger charge is 2.26. The summed E-state index contributed by atoms with van der Waals surface area (Å²) in [6.07, 6.45) is -1.54. The Morgan fingerprint density at radius 2 is 1.26 bits per heavy atom. The van der Waals surface area contributed by atoms with E-state index in [1.165, 1.54) is 0 Å². The number of allylic oxidation sites excluding steroid dienone is 2. The minimum Gasteiger partial charge on any atom is -0.479 e. The van der Waals surface area contributed by atoms with Gasteiger partial charge in [0.25, 0.3) is 0 Å². The van der Waals surface area contributed by atoms with E-state index >= 15 is 0 Å². The van der Waals surface area contributed by atoms with E-state index in [-0.39, 0.29) is 11.1 Å². The molecule has 0 aliphatic carbocycles. The second-order valence-electron chi connectivity index (χ2n) is 6.15. The molecule has 1 aliphatic heterocycles. The van der Waals surface area contributed by atoms with Gasteiger partial charge in [0.05, 0.1) is 0 Å². The highest BCUT2D eigenvalue weighted by atomic mass is 16.4. The molecule has 136 valence electrons. The summed E-state index contributed by atoms with van der Waals surface area (Å²) in [6, 6.07) is 13.3. The molecule has 0 saturated carbocycles. The number of carboxylic acids is 2. The van der Waals surface area contributed by atoms with Gasteiger partial charge in [-0.3, -0.25) is 0 Å². The fourth-order valence-corrected chi connectivity index (χ4v) is 3.27. The predicted molar refractivity (Wildman–Crippen MR) is 101 cm³/mol. The molecule has 2 unspecified atom stereocenters. The number of hydrogen-bond acceptors (Lipinski definition) is 4. The van der Waals surface area contributed by atoms with Crippen LogP contribution in [0.3, 0.4) is 0 Å². The number of hydrogen-bond donors (Lipinski definition) is 4. The average Bonchev–Trinajstić information content (AvgIpc) is 3.16. The summed E-state index contributed by atoms with van der Waals surface area (Å²) in [7, 11) is 0.496. The van der Waals surface area contributed by atoms with E-state index in [2.05, 4.69) is 0 Å². The Hall–Kier alpha value is -3.16. The maximum atomic E-state index is 11.3. The molecule has 2 atom stereocenters. The molecule has 7 heteroatoms. The number of carbonyl (C=O) groups is 2. The zero-order valence-electron chi connectivity index (χ0n) is 14.2. The predicted octanol–water partition coefficient (Wildman–Crippen LogP) is 1.75. The summed E-state index contributed by atoms with van der Waals surface area (Å²) in [4.78, 5) is 22.5. The first-order valence-electron chi connectivity index (χ1n) is 8.32. The largest absolute Gasteiger partial charge is 0.479 e. The summed E-state index contributed by atoms with van der Waals surface area (Å²) in [6.45, 7) is 0. The third kappa shape index (κ3) is 3.55. The molecule has 1 aliphatic rings. The van der Waals surface area contributed by atoms with E-state index < -0.39 is 24.1 Å². The molecule has 1 heterocycles. The maximum absolute atomic E-state index is 11.3. The number of aliphatic hydroxyl groups excluding tert-OH is 2. The maximum Gasteiger partial charge on any atom is 0.337 e. The lowest BCUT2D eigenvalue weighted by atomic mass is 9.67. The molecule has 0 radical (unpaired) electrons. The van der Waals surface area contributed by atoms with Gasteiger partial charge in [0, 0.05) is 0 Å². The average molecular weight is 364 g/mol. The molecule has 4 N–H and O–H groups in total. The lowest BCUT2D eigenvalue weighted by Gasteiger charge is -2.18. The summed E-state index contributed by atoms with van der Waals surface area (Å²) in [5, 5.41) is 38.5. The van der Waals surface area contributed by atoms with E-state index in [1.54, 1.807) is 48.5 Å². The van der Waals surface area contributed by atoms with Crippen molar-refractivity contribution in [2.24, 2.45) is 0 Å². The smallest absolute Gasteiger partial charge is 0.337 e. The van der Waals surface area contributed by atoms with E-state index in [0.29, 0.717) is 24.0 Å². The standard InChI is InChI=1S/C20H17BO6/c22-17(19(24)25)14-7-3-1-5-11(14)13-9-10-21-16(13)12-6-2-4-8-15(12)18(23)20(26)27/h1-10,17-18,21-23H,(H,24,25)(H,26,27). The number of benzene rings is 2. The minimum atomic E-state index is -1.68. The second-order valence-corrected chi connectivity index (χ2v) is 6.15. The summed E-state index contributed by atoms with van der Waals surface area (Å²) in [5.41, 5.74) is 3.09. The molecular formula is C20H17BO6. The van der Waals surface area contributed by atoms with Crippen molar-refractivity contribution in [2.45, 2.75) is 12.2 Å². The van der Waals surface area contributed by atoms with E-state index in [0.717, 1.165) is 5.47 Å². The topological polar surface area (TPSA) is 115 Å². The molecule has 0 spiro atoms. The van der Waals surface area contributed by atoms with Gasteiger partial charge in [-0.2, -0.15) is 0 Å². The molecule has 0 saturated heterocycles.